The first kappa shape index (κ1) is 20.8. The Hall–Kier alpha value is -1.51. The van der Waals surface area contributed by atoms with Gasteiger partial charge in [-0.3, -0.25) is 4.79 Å². The largest absolute Gasteiger partial charge is 0.508 e. The third-order valence-electron chi connectivity index (χ3n) is 5.76. The second-order valence-corrected chi connectivity index (χ2v) is 9.33. The van der Waals surface area contributed by atoms with Crippen LogP contribution in [0.5, 0.6) is 5.75 Å². The van der Waals surface area contributed by atoms with Gasteiger partial charge in [0, 0.05) is 0 Å². The van der Waals surface area contributed by atoms with E-state index in [0.717, 1.165) is 63.4 Å². The van der Waals surface area contributed by atoms with Crippen molar-refractivity contribution in [3.63, 3.8) is 0 Å². The fourth-order valence-corrected chi connectivity index (χ4v) is 3.78. The minimum absolute atomic E-state index is 0.385. The Balaban J connectivity index is 1.76. The van der Waals surface area contributed by atoms with Crippen molar-refractivity contribution in [2.75, 3.05) is 0 Å². The molecule has 146 valence electrons. The highest BCUT2D eigenvalue weighted by Crippen LogP contribution is 2.50. The summed E-state index contributed by atoms with van der Waals surface area (Å²) in [6.07, 6.45) is 11.1. The second kappa shape index (κ2) is 8.92. The molecular weight excluding hydrogens is 324 g/mol. The normalized spacial score (nSPS) is 15.8. The van der Waals surface area contributed by atoms with E-state index in [9.17, 15) is 15.0 Å². The lowest BCUT2D eigenvalue weighted by Gasteiger charge is -2.18. The molecule has 0 saturated heterocycles. The van der Waals surface area contributed by atoms with Crippen LogP contribution in [0.4, 0.5) is 0 Å². The fourth-order valence-electron chi connectivity index (χ4n) is 3.78. The van der Waals surface area contributed by atoms with Gasteiger partial charge in [-0.25, -0.2) is 0 Å². The van der Waals surface area contributed by atoms with E-state index in [2.05, 4.69) is 26.8 Å². The molecule has 0 radical (unpaired) electrons. The summed E-state index contributed by atoms with van der Waals surface area (Å²) < 4.78 is 0. The molecule has 2 rings (SSSR count). The monoisotopic (exact) mass is 360 g/mol. The summed E-state index contributed by atoms with van der Waals surface area (Å²) in [5.41, 5.74) is 2.37. The first-order chi connectivity index (χ1) is 12.2. The molecule has 1 aromatic rings. The maximum Gasteiger partial charge on any atom is 0.309 e. The molecule has 0 heterocycles. The second-order valence-electron chi connectivity index (χ2n) is 9.33. The third kappa shape index (κ3) is 6.34. The summed E-state index contributed by atoms with van der Waals surface area (Å²) in [4.78, 5) is 11.2. The Bertz CT molecular complexity index is 594. The average molecular weight is 361 g/mol. The van der Waals surface area contributed by atoms with E-state index >= 15 is 0 Å². The van der Waals surface area contributed by atoms with Crippen LogP contribution < -0.4 is 0 Å². The average Bonchev–Trinajstić information content (AvgIpc) is 3.33. The van der Waals surface area contributed by atoms with Gasteiger partial charge < -0.3 is 10.2 Å². The zero-order valence-corrected chi connectivity index (χ0v) is 16.8. The number of carbonyl (C=O) groups is 1. The first-order valence-corrected chi connectivity index (χ1v) is 10.3. The molecule has 0 spiro atoms. The number of carboxylic acids is 1. The van der Waals surface area contributed by atoms with Crippen LogP contribution in [0.3, 0.4) is 0 Å². The van der Waals surface area contributed by atoms with Crippen molar-refractivity contribution in [2.45, 2.75) is 91.4 Å². The molecule has 1 fully saturated rings. The molecule has 3 heteroatoms. The molecule has 0 unspecified atom stereocenters. The van der Waals surface area contributed by atoms with Gasteiger partial charge >= 0.3 is 5.97 Å². The molecule has 1 aliphatic rings. The number of rotatable bonds is 11. The van der Waals surface area contributed by atoms with Crippen LogP contribution in [0.25, 0.3) is 0 Å². The van der Waals surface area contributed by atoms with Crippen molar-refractivity contribution in [1.29, 1.82) is 0 Å². The molecule has 3 nitrogen and oxygen atoms in total. The minimum Gasteiger partial charge on any atom is -0.508 e. The topological polar surface area (TPSA) is 57.5 Å². The molecular formula is C23H36O3. The van der Waals surface area contributed by atoms with Crippen LogP contribution in [-0.2, 0) is 17.6 Å². The molecule has 1 saturated carbocycles. The number of carboxylic acid groups (broad SMARTS) is 1. The van der Waals surface area contributed by atoms with Gasteiger partial charge in [0.2, 0.25) is 0 Å². The van der Waals surface area contributed by atoms with Crippen LogP contribution in [0.2, 0.25) is 0 Å². The van der Waals surface area contributed by atoms with E-state index in [1.165, 1.54) is 18.4 Å². The summed E-state index contributed by atoms with van der Waals surface area (Å²) in [6.45, 7) is 6.84. The predicted molar refractivity (Wildman–Crippen MR) is 107 cm³/mol. The zero-order valence-electron chi connectivity index (χ0n) is 16.8. The van der Waals surface area contributed by atoms with Gasteiger partial charge in [0.25, 0.3) is 0 Å². The molecule has 1 aromatic carbocycles. The van der Waals surface area contributed by atoms with Crippen molar-refractivity contribution in [2.24, 2.45) is 10.8 Å². The summed E-state index contributed by atoms with van der Waals surface area (Å²) in [6, 6.07) is 5.88. The van der Waals surface area contributed by atoms with Gasteiger partial charge in [0.15, 0.2) is 0 Å². The van der Waals surface area contributed by atoms with E-state index in [1.807, 2.05) is 6.07 Å². The Morgan fingerprint density at radius 2 is 1.73 bits per heavy atom. The van der Waals surface area contributed by atoms with Gasteiger partial charge in [-0.1, -0.05) is 52.2 Å². The van der Waals surface area contributed by atoms with E-state index in [4.69, 9.17) is 0 Å². The summed E-state index contributed by atoms with van der Waals surface area (Å²) >= 11 is 0. The predicted octanol–water partition coefficient (Wildman–Crippen LogP) is 6.12. The van der Waals surface area contributed by atoms with Crippen LogP contribution in [0.1, 0.15) is 89.7 Å². The van der Waals surface area contributed by atoms with Crippen molar-refractivity contribution in [3.05, 3.63) is 29.3 Å². The molecule has 0 amide bonds. The minimum atomic E-state index is -0.615. The number of benzene rings is 1. The number of phenolic OH excluding ortho intramolecular Hbond substituents is 1. The van der Waals surface area contributed by atoms with Crippen molar-refractivity contribution < 1.29 is 15.0 Å². The van der Waals surface area contributed by atoms with Crippen molar-refractivity contribution in [1.82, 2.24) is 0 Å². The highest BCUT2D eigenvalue weighted by Gasteiger charge is 2.49. The number of hydrogen-bond acceptors (Lipinski definition) is 2. The number of aryl methyl sites for hydroxylation is 1. The number of aliphatic carboxylic acids is 1. The summed E-state index contributed by atoms with van der Waals surface area (Å²) in [5, 5.41) is 19.5. The SMILES string of the molecule is CC(C)(C)CCCCc1cccc(O)c1CCCCCC1(C(=O)O)CC1. The maximum absolute atomic E-state index is 11.2. The van der Waals surface area contributed by atoms with E-state index in [1.54, 1.807) is 6.07 Å². The summed E-state index contributed by atoms with van der Waals surface area (Å²) in [5.74, 6) is -0.196. The standard InChI is InChI=1S/C23H36O3/c1-22(2,3)14-8-6-10-18-11-9-13-20(24)19(18)12-5-4-7-15-23(16-17-23)21(25)26/h9,11,13,24H,4-8,10,12,14-17H2,1-3H3,(H,25,26). The van der Waals surface area contributed by atoms with E-state index in [0.29, 0.717) is 11.2 Å². The van der Waals surface area contributed by atoms with E-state index < -0.39 is 11.4 Å². The molecule has 0 aromatic heterocycles. The molecule has 0 atom stereocenters. The number of unbranched alkanes of at least 4 members (excludes halogenated alkanes) is 3. The number of aromatic hydroxyl groups is 1. The quantitative estimate of drug-likeness (QED) is 0.467. The highest BCUT2D eigenvalue weighted by atomic mass is 16.4. The Morgan fingerprint density at radius 3 is 2.35 bits per heavy atom. The highest BCUT2D eigenvalue weighted by molar-refractivity contribution is 5.77. The summed E-state index contributed by atoms with van der Waals surface area (Å²) in [7, 11) is 0. The van der Waals surface area contributed by atoms with Crippen LogP contribution in [-0.4, -0.2) is 16.2 Å². The van der Waals surface area contributed by atoms with Crippen LogP contribution >= 0.6 is 0 Å². The maximum atomic E-state index is 11.2. The Morgan fingerprint density at radius 1 is 1.04 bits per heavy atom. The number of hydrogen-bond donors (Lipinski definition) is 2. The van der Waals surface area contributed by atoms with Gasteiger partial charge in [-0.05, 0) is 74.0 Å². The third-order valence-corrected chi connectivity index (χ3v) is 5.76. The lowest BCUT2D eigenvalue weighted by Crippen LogP contribution is -2.14. The molecule has 0 bridgehead atoms. The van der Waals surface area contributed by atoms with Crippen molar-refractivity contribution >= 4 is 5.97 Å². The van der Waals surface area contributed by atoms with E-state index in [-0.39, 0.29) is 0 Å². The van der Waals surface area contributed by atoms with Gasteiger partial charge in [-0.15, -0.1) is 0 Å². The lowest BCUT2D eigenvalue weighted by atomic mass is 9.88. The van der Waals surface area contributed by atoms with Gasteiger partial charge in [0.1, 0.15) is 5.75 Å². The first-order valence-electron chi connectivity index (χ1n) is 10.3. The molecule has 2 N–H and O–H groups in total. The van der Waals surface area contributed by atoms with Crippen LogP contribution in [0.15, 0.2) is 18.2 Å². The number of phenols is 1. The van der Waals surface area contributed by atoms with Gasteiger partial charge in [-0.2, -0.15) is 0 Å². The Labute approximate surface area is 158 Å². The Kier molecular flexibility index (Phi) is 7.14. The van der Waals surface area contributed by atoms with Crippen molar-refractivity contribution in [3.8, 4) is 5.75 Å². The zero-order chi connectivity index (χ0) is 19.2. The molecule has 26 heavy (non-hydrogen) atoms. The fraction of sp³-hybridized carbons (Fsp3) is 0.696. The molecule has 0 aliphatic heterocycles. The lowest BCUT2D eigenvalue weighted by molar-refractivity contribution is -0.143. The van der Waals surface area contributed by atoms with Crippen LogP contribution in [0, 0.1) is 10.8 Å². The smallest absolute Gasteiger partial charge is 0.309 e. The van der Waals surface area contributed by atoms with Gasteiger partial charge in [0.05, 0.1) is 5.41 Å². The molecule has 1 aliphatic carbocycles.